The van der Waals surface area contributed by atoms with Gasteiger partial charge in [0.05, 0.1) is 11.1 Å². The summed E-state index contributed by atoms with van der Waals surface area (Å²) in [6.07, 6.45) is 1.56. The van der Waals surface area contributed by atoms with Gasteiger partial charge in [-0.1, -0.05) is 15.9 Å². The first-order valence-electron chi connectivity index (χ1n) is 5.98. The molecule has 1 N–H and O–H groups in total. The number of carbonyl (C=O) groups excluding carboxylic acids is 1. The van der Waals surface area contributed by atoms with Crippen LogP contribution in [0.25, 0.3) is 0 Å². The Morgan fingerprint density at radius 1 is 1.47 bits per heavy atom. The van der Waals surface area contributed by atoms with E-state index >= 15 is 0 Å². The standard InChI is InChI=1S/C13H14BrFINO2/c14-8-13(3-5-19-6-4-13)17-12(18)10-2-1-9(15)7-11(10)16/h1-2,7H,3-6,8H2,(H,17,18). The summed E-state index contributed by atoms with van der Waals surface area (Å²) in [4.78, 5) is 12.3. The molecule has 1 fully saturated rings. The summed E-state index contributed by atoms with van der Waals surface area (Å²) in [6.45, 7) is 1.29. The predicted molar refractivity (Wildman–Crippen MR) is 83.2 cm³/mol. The zero-order valence-electron chi connectivity index (χ0n) is 10.2. The van der Waals surface area contributed by atoms with Crippen molar-refractivity contribution in [3.8, 4) is 0 Å². The van der Waals surface area contributed by atoms with Crippen molar-refractivity contribution in [2.75, 3.05) is 18.5 Å². The van der Waals surface area contributed by atoms with Crippen LogP contribution < -0.4 is 5.32 Å². The summed E-state index contributed by atoms with van der Waals surface area (Å²) in [6, 6.07) is 4.19. The fourth-order valence-electron chi connectivity index (χ4n) is 2.04. The number of benzene rings is 1. The summed E-state index contributed by atoms with van der Waals surface area (Å²) in [5, 5.41) is 3.75. The Bertz CT molecular complexity index is 478. The minimum absolute atomic E-state index is 0.161. The van der Waals surface area contributed by atoms with Gasteiger partial charge in [-0.15, -0.1) is 0 Å². The van der Waals surface area contributed by atoms with E-state index in [4.69, 9.17) is 4.74 Å². The number of carbonyl (C=O) groups is 1. The molecule has 1 aliphatic rings. The van der Waals surface area contributed by atoms with Gasteiger partial charge in [0.15, 0.2) is 0 Å². The second-order valence-corrected chi connectivity index (χ2v) is 6.33. The number of halogens is 3. The molecule has 6 heteroatoms. The summed E-state index contributed by atoms with van der Waals surface area (Å²) in [5.41, 5.74) is 0.237. The maximum absolute atomic E-state index is 13.1. The van der Waals surface area contributed by atoms with Gasteiger partial charge in [0, 0.05) is 22.1 Å². The lowest BCUT2D eigenvalue weighted by atomic mass is 9.92. The van der Waals surface area contributed by atoms with E-state index in [1.807, 2.05) is 22.6 Å². The zero-order chi connectivity index (χ0) is 13.9. The van der Waals surface area contributed by atoms with Crippen LogP contribution in [-0.4, -0.2) is 30.0 Å². The molecular weight excluding hydrogens is 428 g/mol. The van der Waals surface area contributed by atoms with Gasteiger partial charge in [-0.2, -0.15) is 0 Å². The van der Waals surface area contributed by atoms with Crippen LogP contribution in [0.4, 0.5) is 4.39 Å². The van der Waals surface area contributed by atoms with E-state index in [9.17, 15) is 9.18 Å². The molecule has 0 spiro atoms. The lowest BCUT2D eigenvalue weighted by Gasteiger charge is -2.36. The van der Waals surface area contributed by atoms with Gasteiger partial charge >= 0.3 is 0 Å². The average Bonchev–Trinajstić information content (AvgIpc) is 2.39. The molecule has 1 aromatic rings. The number of hydrogen-bond donors (Lipinski definition) is 1. The molecule has 2 rings (SSSR count). The Morgan fingerprint density at radius 2 is 2.16 bits per heavy atom. The van der Waals surface area contributed by atoms with Crippen LogP contribution in [0.2, 0.25) is 0 Å². The van der Waals surface area contributed by atoms with Gasteiger partial charge in [0.1, 0.15) is 5.82 Å². The first kappa shape index (κ1) is 15.2. The first-order valence-corrected chi connectivity index (χ1v) is 8.18. The molecular formula is C13H14BrFINO2. The molecule has 1 aromatic carbocycles. The lowest BCUT2D eigenvalue weighted by molar-refractivity contribution is 0.0441. The molecule has 1 saturated heterocycles. The van der Waals surface area contributed by atoms with Crippen LogP contribution in [0.5, 0.6) is 0 Å². The number of hydrogen-bond acceptors (Lipinski definition) is 2. The monoisotopic (exact) mass is 441 g/mol. The summed E-state index contributed by atoms with van der Waals surface area (Å²) in [7, 11) is 0. The van der Waals surface area contributed by atoms with Crippen LogP contribution in [-0.2, 0) is 4.74 Å². The lowest BCUT2D eigenvalue weighted by Crippen LogP contribution is -2.53. The summed E-state index contributed by atoms with van der Waals surface area (Å²) < 4.78 is 19.0. The van der Waals surface area contributed by atoms with Crippen molar-refractivity contribution in [3.63, 3.8) is 0 Å². The molecule has 19 heavy (non-hydrogen) atoms. The van der Waals surface area contributed by atoms with Crippen molar-refractivity contribution in [2.45, 2.75) is 18.4 Å². The largest absolute Gasteiger partial charge is 0.381 e. The minimum atomic E-state index is -0.331. The van der Waals surface area contributed by atoms with Crippen molar-refractivity contribution in [1.82, 2.24) is 5.32 Å². The maximum Gasteiger partial charge on any atom is 0.252 e. The quantitative estimate of drug-likeness (QED) is 0.578. The normalized spacial score (nSPS) is 18.1. The van der Waals surface area contributed by atoms with Crippen LogP contribution in [0.3, 0.4) is 0 Å². The van der Waals surface area contributed by atoms with Gasteiger partial charge < -0.3 is 10.1 Å². The van der Waals surface area contributed by atoms with Gasteiger partial charge in [0.2, 0.25) is 0 Å². The molecule has 0 saturated carbocycles. The second kappa shape index (κ2) is 6.49. The van der Waals surface area contributed by atoms with Crippen molar-refractivity contribution in [1.29, 1.82) is 0 Å². The third-order valence-corrected chi connectivity index (χ3v) is 5.23. The predicted octanol–water partition coefficient (Wildman–Crippen LogP) is 3.10. The second-order valence-electron chi connectivity index (χ2n) is 4.60. The Morgan fingerprint density at radius 3 is 2.74 bits per heavy atom. The molecule has 0 atom stereocenters. The van der Waals surface area contributed by atoms with Crippen molar-refractivity contribution in [3.05, 3.63) is 33.1 Å². The first-order chi connectivity index (χ1) is 9.06. The summed E-state index contributed by atoms with van der Waals surface area (Å²) in [5.74, 6) is -0.493. The van der Waals surface area contributed by atoms with Crippen LogP contribution in [0, 0.1) is 9.39 Å². The number of amides is 1. The molecule has 1 aliphatic heterocycles. The average molecular weight is 442 g/mol. The number of alkyl halides is 1. The van der Waals surface area contributed by atoms with E-state index < -0.39 is 0 Å². The molecule has 1 heterocycles. The Hall–Kier alpha value is -0.210. The molecule has 0 radical (unpaired) electrons. The zero-order valence-corrected chi connectivity index (χ0v) is 14.0. The third kappa shape index (κ3) is 3.66. The number of rotatable bonds is 3. The molecule has 1 amide bonds. The van der Waals surface area contributed by atoms with Crippen LogP contribution >= 0.6 is 38.5 Å². The minimum Gasteiger partial charge on any atom is -0.381 e. The Balaban J connectivity index is 2.15. The van der Waals surface area contributed by atoms with Crippen LogP contribution in [0.15, 0.2) is 18.2 Å². The molecule has 0 bridgehead atoms. The van der Waals surface area contributed by atoms with E-state index in [-0.39, 0.29) is 17.3 Å². The Labute approximate surface area is 133 Å². The number of nitrogens with one attached hydrogen (secondary N) is 1. The van der Waals surface area contributed by atoms with E-state index in [1.54, 1.807) is 0 Å². The highest BCUT2D eigenvalue weighted by molar-refractivity contribution is 14.1. The number of ether oxygens (including phenoxy) is 1. The van der Waals surface area contributed by atoms with E-state index in [0.29, 0.717) is 27.7 Å². The van der Waals surface area contributed by atoms with E-state index in [0.717, 1.165) is 12.8 Å². The van der Waals surface area contributed by atoms with Crippen molar-refractivity contribution < 1.29 is 13.9 Å². The molecule has 0 unspecified atom stereocenters. The third-order valence-electron chi connectivity index (χ3n) is 3.26. The molecule has 0 aromatic heterocycles. The van der Waals surface area contributed by atoms with Gasteiger partial charge in [0.25, 0.3) is 5.91 Å². The Kier molecular flexibility index (Phi) is 5.19. The van der Waals surface area contributed by atoms with Crippen molar-refractivity contribution >= 4 is 44.4 Å². The highest BCUT2D eigenvalue weighted by Crippen LogP contribution is 2.24. The van der Waals surface area contributed by atoms with Gasteiger partial charge in [-0.3, -0.25) is 4.79 Å². The fourth-order valence-corrected chi connectivity index (χ4v) is 3.46. The SMILES string of the molecule is O=C(NC1(CBr)CCOCC1)c1ccc(F)cc1I. The molecule has 0 aliphatic carbocycles. The smallest absolute Gasteiger partial charge is 0.252 e. The molecule has 3 nitrogen and oxygen atoms in total. The molecule has 104 valence electrons. The fraction of sp³-hybridized carbons (Fsp3) is 0.462. The van der Waals surface area contributed by atoms with Gasteiger partial charge in [-0.05, 0) is 53.6 Å². The highest BCUT2D eigenvalue weighted by atomic mass is 127. The topological polar surface area (TPSA) is 38.3 Å². The summed E-state index contributed by atoms with van der Waals surface area (Å²) >= 11 is 5.44. The van der Waals surface area contributed by atoms with Crippen molar-refractivity contribution in [2.24, 2.45) is 0 Å². The van der Waals surface area contributed by atoms with Crippen LogP contribution in [0.1, 0.15) is 23.2 Å². The highest BCUT2D eigenvalue weighted by Gasteiger charge is 2.33. The van der Waals surface area contributed by atoms with E-state index in [1.165, 1.54) is 18.2 Å². The van der Waals surface area contributed by atoms with Gasteiger partial charge in [-0.25, -0.2) is 4.39 Å². The van der Waals surface area contributed by atoms with E-state index in [2.05, 4.69) is 21.2 Å². The maximum atomic E-state index is 13.1.